The Kier molecular flexibility index (Phi) is 6.81. The van der Waals surface area contributed by atoms with Gasteiger partial charge < -0.3 is 10.1 Å². The largest absolute Gasteiger partial charge is 0.449 e. The second kappa shape index (κ2) is 9.71. The molecule has 1 aromatic heterocycles. The lowest BCUT2D eigenvalue weighted by Gasteiger charge is -2.14. The van der Waals surface area contributed by atoms with Crippen LogP contribution in [-0.4, -0.2) is 33.8 Å². The van der Waals surface area contributed by atoms with Crippen molar-refractivity contribution in [3.63, 3.8) is 0 Å². The van der Waals surface area contributed by atoms with Crippen LogP contribution in [0.1, 0.15) is 34.2 Å². The van der Waals surface area contributed by atoms with Crippen molar-refractivity contribution in [2.24, 2.45) is 0 Å². The van der Waals surface area contributed by atoms with Gasteiger partial charge in [0.25, 0.3) is 5.91 Å². The Morgan fingerprint density at radius 2 is 1.71 bits per heavy atom. The molecule has 0 spiro atoms. The van der Waals surface area contributed by atoms with E-state index in [2.05, 4.69) is 15.7 Å². The summed E-state index contributed by atoms with van der Waals surface area (Å²) in [6.07, 6.45) is -1.13. The second-order valence-electron chi connectivity index (χ2n) is 7.09. The zero-order valence-electron chi connectivity index (χ0n) is 17.6. The Labute approximate surface area is 180 Å². The molecule has 0 radical (unpaired) electrons. The van der Waals surface area contributed by atoms with Gasteiger partial charge in [0.1, 0.15) is 0 Å². The predicted octanol–water partition coefficient (Wildman–Crippen LogP) is 3.06. The third-order valence-corrected chi connectivity index (χ3v) is 4.54. The standard InChI is InChI=1S/C23H24N4O4/c1-15-13-16(2)27(26-15)20-11-9-19(10-12-20)22(29)31-17(3)21(28)25-23(30)24-14-18-7-5-4-6-8-18/h4-13,17H,14H2,1-3H3,(H2,24,25,28,30). The van der Waals surface area contributed by atoms with Crippen molar-refractivity contribution < 1.29 is 19.1 Å². The monoisotopic (exact) mass is 420 g/mol. The number of aryl methyl sites for hydroxylation is 2. The van der Waals surface area contributed by atoms with Crippen LogP contribution >= 0.6 is 0 Å². The van der Waals surface area contributed by atoms with Crippen molar-refractivity contribution in [2.45, 2.75) is 33.4 Å². The molecule has 2 N–H and O–H groups in total. The number of aromatic nitrogens is 2. The molecule has 0 saturated carbocycles. The average Bonchev–Trinajstić information content (AvgIpc) is 3.10. The number of nitrogens with zero attached hydrogens (tertiary/aromatic N) is 2. The van der Waals surface area contributed by atoms with E-state index in [0.29, 0.717) is 5.56 Å². The predicted molar refractivity (Wildman–Crippen MR) is 115 cm³/mol. The molecule has 8 heteroatoms. The van der Waals surface area contributed by atoms with Crippen LogP contribution in [0.15, 0.2) is 60.7 Å². The van der Waals surface area contributed by atoms with Crippen LogP contribution in [0, 0.1) is 13.8 Å². The molecule has 1 unspecified atom stereocenters. The molecule has 160 valence electrons. The van der Waals surface area contributed by atoms with Gasteiger partial charge in [-0.05, 0) is 56.7 Å². The lowest BCUT2D eigenvalue weighted by molar-refractivity contribution is -0.127. The van der Waals surface area contributed by atoms with Crippen molar-refractivity contribution in [3.05, 3.63) is 83.2 Å². The topological polar surface area (TPSA) is 102 Å². The number of ether oxygens (including phenoxy) is 1. The van der Waals surface area contributed by atoms with Crippen molar-refractivity contribution >= 4 is 17.9 Å². The van der Waals surface area contributed by atoms with Crippen molar-refractivity contribution in [1.29, 1.82) is 0 Å². The zero-order chi connectivity index (χ0) is 22.4. The number of urea groups is 1. The summed E-state index contributed by atoms with van der Waals surface area (Å²) < 4.78 is 6.95. The third-order valence-electron chi connectivity index (χ3n) is 4.54. The van der Waals surface area contributed by atoms with E-state index in [1.165, 1.54) is 6.92 Å². The van der Waals surface area contributed by atoms with Gasteiger partial charge in [0.2, 0.25) is 0 Å². The molecule has 3 aromatic rings. The minimum atomic E-state index is -1.13. The van der Waals surface area contributed by atoms with Crippen molar-refractivity contribution in [3.8, 4) is 5.69 Å². The summed E-state index contributed by atoms with van der Waals surface area (Å²) >= 11 is 0. The summed E-state index contributed by atoms with van der Waals surface area (Å²) in [7, 11) is 0. The molecule has 0 aliphatic carbocycles. The van der Waals surface area contributed by atoms with E-state index in [1.54, 1.807) is 28.9 Å². The molecule has 2 aromatic carbocycles. The molecule has 31 heavy (non-hydrogen) atoms. The van der Waals surface area contributed by atoms with Gasteiger partial charge in [-0.2, -0.15) is 5.10 Å². The Balaban J connectivity index is 1.51. The van der Waals surface area contributed by atoms with E-state index in [-0.39, 0.29) is 6.54 Å². The van der Waals surface area contributed by atoms with Gasteiger partial charge in [-0.15, -0.1) is 0 Å². The summed E-state index contributed by atoms with van der Waals surface area (Å²) in [4.78, 5) is 36.4. The van der Waals surface area contributed by atoms with Crippen LogP contribution in [0.4, 0.5) is 4.79 Å². The molecule has 0 bridgehead atoms. The van der Waals surface area contributed by atoms with Gasteiger partial charge >= 0.3 is 12.0 Å². The van der Waals surface area contributed by atoms with E-state index < -0.39 is 24.0 Å². The highest BCUT2D eigenvalue weighted by atomic mass is 16.5. The fourth-order valence-electron chi connectivity index (χ4n) is 2.95. The zero-order valence-corrected chi connectivity index (χ0v) is 17.6. The lowest BCUT2D eigenvalue weighted by atomic mass is 10.2. The molecule has 3 rings (SSSR count). The van der Waals surface area contributed by atoms with Gasteiger partial charge in [0.05, 0.1) is 16.9 Å². The number of esters is 1. The maximum atomic E-state index is 12.3. The number of imide groups is 1. The van der Waals surface area contributed by atoms with E-state index in [4.69, 9.17) is 4.74 Å². The van der Waals surface area contributed by atoms with Crippen LogP contribution in [0.25, 0.3) is 5.69 Å². The molecule has 0 aliphatic rings. The summed E-state index contributed by atoms with van der Waals surface area (Å²) in [5.74, 6) is -1.37. The summed E-state index contributed by atoms with van der Waals surface area (Å²) in [6, 6.07) is 17.3. The third kappa shape index (κ3) is 5.79. The molecule has 0 saturated heterocycles. The van der Waals surface area contributed by atoms with Crippen molar-refractivity contribution in [1.82, 2.24) is 20.4 Å². The molecule has 8 nitrogen and oxygen atoms in total. The molecular formula is C23H24N4O4. The SMILES string of the molecule is Cc1cc(C)n(-c2ccc(C(=O)OC(C)C(=O)NC(=O)NCc3ccccc3)cc2)n1. The maximum Gasteiger partial charge on any atom is 0.338 e. The number of hydrogen-bond donors (Lipinski definition) is 2. The first kappa shape index (κ1) is 21.8. The Hall–Kier alpha value is -3.94. The van der Waals surface area contributed by atoms with E-state index in [0.717, 1.165) is 22.6 Å². The van der Waals surface area contributed by atoms with Crippen molar-refractivity contribution in [2.75, 3.05) is 0 Å². The first-order valence-electron chi connectivity index (χ1n) is 9.81. The highest BCUT2D eigenvalue weighted by molar-refractivity contribution is 5.98. The van der Waals surface area contributed by atoms with Gasteiger partial charge in [-0.1, -0.05) is 30.3 Å². The average molecular weight is 420 g/mol. The van der Waals surface area contributed by atoms with Crippen LogP contribution in [-0.2, 0) is 16.1 Å². The number of hydrogen-bond acceptors (Lipinski definition) is 5. The smallest absolute Gasteiger partial charge is 0.338 e. The number of benzene rings is 2. The maximum absolute atomic E-state index is 12.3. The molecule has 0 fully saturated rings. The number of carbonyl (C=O) groups is 3. The summed E-state index contributed by atoms with van der Waals surface area (Å²) in [5, 5.41) is 9.14. The quantitative estimate of drug-likeness (QED) is 0.597. The summed E-state index contributed by atoms with van der Waals surface area (Å²) in [5.41, 5.74) is 3.87. The number of nitrogens with one attached hydrogen (secondary N) is 2. The Morgan fingerprint density at radius 3 is 2.32 bits per heavy atom. The van der Waals surface area contributed by atoms with Gasteiger partial charge in [-0.25, -0.2) is 14.3 Å². The highest BCUT2D eigenvalue weighted by Crippen LogP contribution is 2.14. The van der Waals surface area contributed by atoms with E-state index in [1.807, 2.05) is 50.2 Å². The second-order valence-corrected chi connectivity index (χ2v) is 7.09. The van der Waals surface area contributed by atoms with Gasteiger partial charge in [-0.3, -0.25) is 10.1 Å². The van der Waals surface area contributed by atoms with E-state index >= 15 is 0 Å². The summed E-state index contributed by atoms with van der Waals surface area (Å²) in [6.45, 7) is 5.53. The minimum absolute atomic E-state index is 0.274. The molecule has 1 atom stereocenters. The molecule has 3 amide bonds. The number of carbonyl (C=O) groups excluding carboxylic acids is 3. The van der Waals surface area contributed by atoms with Gasteiger partial charge in [0, 0.05) is 12.2 Å². The van der Waals surface area contributed by atoms with Crippen LogP contribution in [0.3, 0.4) is 0 Å². The molecular weight excluding hydrogens is 396 g/mol. The van der Waals surface area contributed by atoms with E-state index in [9.17, 15) is 14.4 Å². The minimum Gasteiger partial charge on any atom is -0.449 e. The highest BCUT2D eigenvalue weighted by Gasteiger charge is 2.21. The first-order valence-corrected chi connectivity index (χ1v) is 9.81. The van der Waals surface area contributed by atoms with Crippen LogP contribution in [0.5, 0.6) is 0 Å². The lowest BCUT2D eigenvalue weighted by Crippen LogP contribution is -2.44. The number of amides is 3. The van der Waals surface area contributed by atoms with Gasteiger partial charge in [0.15, 0.2) is 6.10 Å². The Morgan fingerprint density at radius 1 is 1.03 bits per heavy atom. The van der Waals surface area contributed by atoms with Crippen LogP contribution < -0.4 is 10.6 Å². The Bertz CT molecular complexity index is 1070. The fourth-order valence-corrected chi connectivity index (χ4v) is 2.95. The fraction of sp³-hybridized carbons (Fsp3) is 0.217. The molecule has 0 aliphatic heterocycles. The van der Waals surface area contributed by atoms with Crippen LogP contribution in [0.2, 0.25) is 0 Å². The first-order chi connectivity index (χ1) is 14.8. The number of rotatable bonds is 6. The molecule has 1 heterocycles. The normalized spacial score (nSPS) is 11.5.